The third kappa shape index (κ3) is 4.15. The number of hydrogen-bond acceptors (Lipinski definition) is 2. The summed E-state index contributed by atoms with van der Waals surface area (Å²) in [4.78, 5) is 16.1. The molecule has 1 amide bonds. The summed E-state index contributed by atoms with van der Waals surface area (Å²) in [5, 5.41) is 2.82. The zero-order chi connectivity index (χ0) is 17.6. The fourth-order valence-corrected chi connectivity index (χ4v) is 3.02. The molecule has 0 aliphatic carbocycles. The van der Waals surface area contributed by atoms with Crippen molar-refractivity contribution in [2.75, 3.05) is 6.54 Å². The number of imidazole rings is 1. The number of aromatic nitrogens is 2. The first-order chi connectivity index (χ1) is 12.2. The molecule has 0 fully saturated rings. The van der Waals surface area contributed by atoms with E-state index in [0.29, 0.717) is 6.54 Å². The smallest absolute Gasteiger partial charge is 0.243 e. The lowest BCUT2D eigenvalue weighted by molar-refractivity contribution is -0.116. The van der Waals surface area contributed by atoms with E-state index in [-0.39, 0.29) is 5.91 Å². The molecular weight excluding hydrogens is 310 g/mol. The predicted octanol–water partition coefficient (Wildman–Crippen LogP) is 3.63. The van der Waals surface area contributed by atoms with Crippen molar-refractivity contribution in [3.63, 3.8) is 0 Å². The van der Waals surface area contributed by atoms with Crippen molar-refractivity contribution < 1.29 is 4.79 Å². The Bertz CT molecular complexity index is 895. The second-order valence-corrected chi connectivity index (χ2v) is 6.19. The number of para-hydroxylation sites is 2. The van der Waals surface area contributed by atoms with Crippen LogP contribution in [0, 0.1) is 6.92 Å². The van der Waals surface area contributed by atoms with E-state index in [1.807, 2.05) is 18.2 Å². The van der Waals surface area contributed by atoms with Crippen molar-refractivity contribution >= 4 is 16.9 Å². The topological polar surface area (TPSA) is 46.9 Å². The van der Waals surface area contributed by atoms with Gasteiger partial charge in [-0.1, -0.05) is 48.5 Å². The van der Waals surface area contributed by atoms with E-state index in [1.54, 1.807) is 0 Å². The number of carbonyl (C=O) groups is 1. The molecule has 0 radical (unpaired) electrons. The summed E-state index contributed by atoms with van der Waals surface area (Å²) in [6.45, 7) is 7.00. The fourth-order valence-electron chi connectivity index (χ4n) is 3.02. The Balaban J connectivity index is 1.82. The SMILES string of the molecule is C=CC(=O)NCCCc1nc2ccccc2n1Cc1cccc(C)c1. The van der Waals surface area contributed by atoms with Gasteiger partial charge in [-0.25, -0.2) is 4.98 Å². The van der Waals surface area contributed by atoms with Crippen LogP contribution in [-0.4, -0.2) is 22.0 Å². The number of benzene rings is 2. The minimum Gasteiger partial charge on any atom is -0.353 e. The first-order valence-electron chi connectivity index (χ1n) is 8.57. The van der Waals surface area contributed by atoms with Gasteiger partial charge in [0.2, 0.25) is 5.91 Å². The van der Waals surface area contributed by atoms with Gasteiger partial charge in [-0.05, 0) is 37.1 Å². The van der Waals surface area contributed by atoms with Crippen LogP contribution in [0.25, 0.3) is 11.0 Å². The molecule has 0 spiro atoms. The molecule has 0 unspecified atom stereocenters. The second-order valence-electron chi connectivity index (χ2n) is 6.19. The largest absolute Gasteiger partial charge is 0.353 e. The number of amides is 1. The Kier molecular flexibility index (Phi) is 5.29. The molecule has 4 nitrogen and oxygen atoms in total. The van der Waals surface area contributed by atoms with E-state index in [2.05, 4.69) is 53.7 Å². The maximum Gasteiger partial charge on any atom is 0.243 e. The normalized spacial score (nSPS) is 10.8. The van der Waals surface area contributed by atoms with Crippen molar-refractivity contribution in [3.8, 4) is 0 Å². The van der Waals surface area contributed by atoms with E-state index in [0.717, 1.165) is 36.2 Å². The molecule has 0 aliphatic heterocycles. The van der Waals surface area contributed by atoms with Crippen LogP contribution in [0.1, 0.15) is 23.4 Å². The number of carbonyl (C=O) groups excluding carboxylic acids is 1. The Hall–Kier alpha value is -2.88. The van der Waals surface area contributed by atoms with Crippen molar-refractivity contribution in [2.24, 2.45) is 0 Å². The van der Waals surface area contributed by atoms with Crippen molar-refractivity contribution in [1.82, 2.24) is 14.9 Å². The lowest BCUT2D eigenvalue weighted by atomic mass is 10.1. The number of nitrogens with one attached hydrogen (secondary N) is 1. The summed E-state index contributed by atoms with van der Waals surface area (Å²) in [6.07, 6.45) is 2.96. The molecule has 3 rings (SSSR count). The van der Waals surface area contributed by atoms with Gasteiger partial charge in [0.25, 0.3) is 0 Å². The average Bonchev–Trinajstić information content (AvgIpc) is 2.96. The molecule has 25 heavy (non-hydrogen) atoms. The van der Waals surface area contributed by atoms with Crippen molar-refractivity contribution in [3.05, 3.63) is 78.1 Å². The van der Waals surface area contributed by atoms with E-state index in [1.165, 1.54) is 17.2 Å². The third-order valence-corrected chi connectivity index (χ3v) is 4.22. The zero-order valence-electron chi connectivity index (χ0n) is 14.5. The predicted molar refractivity (Wildman–Crippen MR) is 102 cm³/mol. The molecule has 0 saturated heterocycles. The highest BCUT2D eigenvalue weighted by Gasteiger charge is 2.11. The monoisotopic (exact) mass is 333 g/mol. The molecule has 0 bridgehead atoms. The number of hydrogen-bond donors (Lipinski definition) is 1. The average molecular weight is 333 g/mol. The molecule has 4 heteroatoms. The summed E-state index contributed by atoms with van der Waals surface area (Å²) in [5.74, 6) is 0.920. The highest BCUT2D eigenvalue weighted by atomic mass is 16.1. The molecule has 128 valence electrons. The molecule has 0 saturated carbocycles. The summed E-state index contributed by atoms with van der Waals surface area (Å²) in [5.41, 5.74) is 4.69. The quantitative estimate of drug-likeness (QED) is 0.530. The fraction of sp³-hybridized carbons (Fsp3) is 0.238. The summed E-state index contributed by atoms with van der Waals surface area (Å²) >= 11 is 0. The molecule has 1 aromatic heterocycles. The van der Waals surface area contributed by atoms with Gasteiger partial charge in [0, 0.05) is 19.5 Å². The first-order valence-corrected chi connectivity index (χ1v) is 8.57. The zero-order valence-corrected chi connectivity index (χ0v) is 14.5. The second kappa shape index (κ2) is 7.79. The van der Waals surface area contributed by atoms with Gasteiger partial charge >= 0.3 is 0 Å². The molecule has 0 atom stereocenters. The van der Waals surface area contributed by atoms with Crippen LogP contribution in [0.5, 0.6) is 0 Å². The van der Waals surface area contributed by atoms with Crippen molar-refractivity contribution in [1.29, 1.82) is 0 Å². The van der Waals surface area contributed by atoms with Crippen LogP contribution in [0.3, 0.4) is 0 Å². The van der Waals surface area contributed by atoms with E-state index in [9.17, 15) is 4.79 Å². The van der Waals surface area contributed by atoms with Crippen LogP contribution >= 0.6 is 0 Å². The Morgan fingerprint density at radius 1 is 1.24 bits per heavy atom. The lowest BCUT2D eigenvalue weighted by Crippen LogP contribution is -2.22. The van der Waals surface area contributed by atoms with Gasteiger partial charge in [-0.15, -0.1) is 0 Å². The molecule has 1 N–H and O–H groups in total. The van der Waals surface area contributed by atoms with Crippen LogP contribution in [0.4, 0.5) is 0 Å². The number of rotatable bonds is 7. The number of nitrogens with zero attached hydrogens (tertiary/aromatic N) is 2. The first kappa shape index (κ1) is 17.0. The molecule has 1 heterocycles. The summed E-state index contributed by atoms with van der Waals surface area (Å²) < 4.78 is 2.28. The molecule has 2 aromatic carbocycles. The highest BCUT2D eigenvalue weighted by molar-refractivity contribution is 5.86. The van der Waals surface area contributed by atoms with E-state index < -0.39 is 0 Å². The van der Waals surface area contributed by atoms with Crippen LogP contribution in [-0.2, 0) is 17.8 Å². The van der Waals surface area contributed by atoms with E-state index in [4.69, 9.17) is 4.98 Å². The van der Waals surface area contributed by atoms with Crippen molar-refractivity contribution in [2.45, 2.75) is 26.3 Å². The number of aryl methyl sites for hydroxylation is 2. The van der Waals surface area contributed by atoms with Crippen LogP contribution in [0.15, 0.2) is 61.2 Å². The lowest BCUT2D eigenvalue weighted by Gasteiger charge is -2.10. The van der Waals surface area contributed by atoms with Crippen LogP contribution in [0.2, 0.25) is 0 Å². The van der Waals surface area contributed by atoms with E-state index >= 15 is 0 Å². The minimum absolute atomic E-state index is 0.131. The molecular formula is C21H23N3O. The third-order valence-electron chi connectivity index (χ3n) is 4.22. The minimum atomic E-state index is -0.131. The van der Waals surface area contributed by atoms with Gasteiger partial charge in [-0.2, -0.15) is 0 Å². The Labute approximate surface area is 148 Å². The number of fused-ring (bicyclic) bond motifs is 1. The van der Waals surface area contributed by atoms with Crippen LogP contribution < -0.4 is 5.32 Å². The van der Waals surface area contributed by atoms with Gasteiger partial charge in [0.15, 0.2) is 0 Å². The standard InChI is InChI=1S/C21H23N3O/c1-3-21(25)22-13-7-12-20-23-18-10-4-5-11-19(18)24(20)15-17-9-6-8-16(2)14-17/h3-6,8-11,14H,1,7,12-13,15H2,2H3,(H,22,25). The van der Waals surface area contributed by atoms with Gasteiger partial charge < -0.3 is 9.88 Å². The maximum atomic E-state index is 11.3. The molecule has 0 aliphatic rings. The Morgan fingerprint density at radius 2 is 2.08 bits per heavy atom. The van der Waals surface area contributed by atoms with Gasteiger partial charge in [-0.3, -0.25) is 4.79 Å². The van der Waals surface area contributed by atoms with Gasteiger partial charge in [0.1, 0.15) is 5.82 Å². The summed E-state index contributed by atoms with van der Waals surface area (Å²) in [6, 6.07) is 16.8. The highest BCUT2D eigenvalue weighted by Crippen LogP contribution is 2.19. The molecule has 3 aromatic rings. The maximum absolute atomic E-state index is 11.3. The van der Waals surface area contributed by atoms with Gasteiger partial charge in [0.05, 0.1) is 11.0 Å². The summed E-state index contributed by atoms with van der Waals surface area (Å²) in [7, 11) is 0. The Morgan fingerprint density at radius 3 is 2.88 bits per heavy atom.